The van der Waals surface area contributed by atoms with Crippen molar-refractivity contribution in [3.05, 3.63) is 12.2 Å². The maximum atomic E-state index is 11.0. The Morgan fingerprint density at radius 2 is 2.50 bits per heavy atom. The molecule has 0 aromatic heterocycles. The van der Waals surface area contributed by atoms with Crippen molar-refractivity contribution < 1.29 is 9.59 Å². The molecule has 1 aliphatic carbocycles. The molecule has 0 spiro atoms. The van der Waals surface area contributed by atoms with Crippen LogP contribution in [0.1, 0.15) is 12.8 Å². The smallest absolute Gasteiger partial charge is 0.234 e. The van der Waals surface area contributed by atoms with Crippen LogP contribution >= 0.6 is 11.8 Å². The lowest BCUT2D eigenvalue weighted by atomic mass is 9.89. The highest BCUT2D eigenvalue weighted by atomic mass is 32.2. The van der Waals surface area contributed by atoms with E-state index in [2.05, 4.69) is 0 Å². The highest BCUT2D eigenvalue weighted by Gasteiger charge is 2.56. The summed E-state index contributed by atoms with van der Waals surface area (Å²) in [6.07, 6.45) is 4.56. The van der Waals surface area contributed by atoms with Gasteiger partial charge in [-0.1, -0.05) is 6.08 Å². The Morgan fingerprint density at radius 1 is 1.79 bits per heavy atom. The van der Waals surface area contributed by atoms with Gasteiger partial charge in [0.15, 0.2) is 5.78 Å². The molecular weight excluding hydrogens is 200 g/mol. The van der Waals surface area contributed by atoms with E-state index in [9.17, 15) is 9.59 Å². The topological polar surface area (TPSA) is 86.2 Å². The first-order chi connectivity index (χ1) is 6.53. The standard InChI is InChI=1S/C9H12N2O2S/c10-6(8(11)13)4-9-2-1-5(12)3-7(9)14-9/h1-2,6-7H,3-4,10H2,(H2,11,13)/t6-,7?,9?/m0/s1. The molecule has 1 saturated heterocycles. The van der Waals surface area contributed by atoms with E-state index < -0.39 is 11.9 Å². The van der Waals surface area contributed by atoms with Crippen LogP contribution in [0.5, 0.6) is 0 Å². The fourth-order valence-corrected chi connectivity index (χ4v) is 3.16. The van der Waals surface area contributed by atoms with Crippen LogP contribution in [0.4, 0.5) is 0 Å². The van der Waals surface area contributed by atoms with Crippen LogP contribution in [-0.2, 0) is 9.59 Å². The molecule has 1 heterocycles. The number of nitrogens with two attached hydrogens (primary N) is 2. The van der Waals surface area contributed by atoms with Crippen LogP contribution in [0.3, 0.4) is 0 Å². The molecule has 1 amide bonds. The zero-order chi connectivity index (χ0) is 10.3. The van der Waals surface area contributed by atoms with Gasteiger partial charge in [0.05, 0.1) is 6.04 Å². The van der Waals surface area contributed by atoms with Gasteiger partial charge >= 0.3 is 0 Å². The Hall–Kier alpha value is -0.810. The first-order valence-corrected chi connectivity index (χ1v) is 5.36. The lowest BCUT2D eigenvalue weighted by Gasteiger charge is -2.16. The SMILES string of the molecule is NC(=O)[C@@H](N)CC12C=CC(=O)CC1S2. The molecule has 2 aliphatic rings. The number of hydrogen-bond acceptors (Lipinski definition) is 4. The predicted octanol–water partition coefficient (Wildman–Crippen LogP) is -0.428. The van der Waals surface area contributed by atoms with Crippen molar-refractivity contribution in [2.75, 3.05) is 0 Å². The summed E-state index contributed by atoms with van der Waals surface area (Å²) in [5, 5.41) is 0.311. The van der Waals surface area contributed by atoms with Crippen LogP contribution in [0, 0.1) is 0 Å². The number of ketones is 1. The summed E-state index contributed by atoms with van der Waals surface area (Å²) in [7, 11) is 0. The molecule has 4 N–H and O–H groups in total. The van der Waals surface area contributed by atoms with E-state index in [-0.39, 0.29) is 10.5 Å². The number of rotatable bonds is 3. The number of carbonyl (C=O) groups excluding carboxylic acids is 2. The van der Waals surface area contributed by atoms with Gasteiger partial charge in [-0.3, -0.25) is 9.59 Å². The average molecular weight is 212 g/mol. The van der Waals surface area contributed by atoms with Gasteiger partial charge in [0.2, 0.25) is 5.91 Å². The lowest BCUT2D eigenvalue weighted by molar-refractivity contribution is -0.119. The fraction of sp³-hybridized carbons (Fsp3) is 0.556. The number of allylic oxidation sites excluding steroid dienone is 1. The van der Waals surface area contributed by atoms with Crippen molar-refractivity contribution in [1.29, 1.82) is 0 Å². The van der Waals surface area contributed by atoms with Crippen LogP contribution in [0.25, 0.3) is 0 Å². The van der Waals surface area contributed by atoms with Crippen molar-refractivity contribution in [3.63, 3.8) is 0 Å². The first-order valence-electron chi connectivity index (χ1n) is 4.48. The maximum absolute atomic E-state index is 11.0. The van der Waals surface area contributed by atoms with E-state index in [0.29, 0.717) is 18.1 Å². The largest absolute Gasteiger partial charge is 0.368 e. The molecule has 0 saturated carbocycles. The van der Waals surface area contributed by atoms with Crippen molar-refractivity contribution in [1.82, 2.24) is 0 Å². The van der Waals surface area contributed by atoms with Gasteiger partial charge in [-0.05, 0) is 12.5 Å². The molecule has 3 atom stereocenters. The molecule has 2 rings (SSSR count). The zero-order valence-electron chi connectivity index (χ0n) is 7.60. The minimum Gasteiger partial charge on any atom is -0.368 e. The minimum atomic E-state index is -0.606. The molecule has 5 heteroatoms. The quantitative estimate of drug-likeness (QED) is 0.622. The first kappa shape index (κ1) is 9.73. The third kappa shape index (κ3) is 1.57. The third-order valence-electron chi connectivity index (χ3n) is 2.69. The number of thioether (sulfide) groups is 1. The fourth-order valence-electron chi connectivity index (χ4n) is 1.77. The Labute approximate surface area is 86.1 Å². The van der Waals surface area contributed by atoms with Crippen molar-refractivity contribution in [2.45, 2.75) is 28.9 Å². The summed E-state index contributed by atoms with van der Waals surface area (Å²) in [4.78, 5) is 21.8. The van der Waals surface area contributed by atoms with Gasteiger partial charge in [-0.15, -0.1) is 11.8 Å². The lowest BCUT2D eigenvalue weighted by Crippen LogP contribution is -2.40. The summed E-state index contributed by atoms with van der Waals surface area (Å²) in [6, 6.07) is -0.606. The van der Waals surface area contributed by atoms with E-state index in [4.69, 9.17) is 11.5 Å². The molecule has 1 fully saturated rings. The number of hydrogen-bond donors (Lipinski definition) is 2. The Morgan fingerprint density at radius 3 is 3.07 bits per heavy atom. The number of carbonyl (C=O) groups is 2. The van der Waals surface area contributed by atoms with Crippen LogP contribution in [0.15, 0.2) is 12.2 Å². The Balaban J connectivity index is 2.03. The van der Waals surface area contributed by atoms with Crippen LogP contribution in [0.2, 0.25) is 0 Å². The highest BCUT2D eigenvalue weighted by molar-refractivity contribution is 8.09. The molecule has 0 radical (unpaired) electrons. The summed E-state index contributed by atoms with van der Waals surface area (Å²) in [5.41, 5.74) is 10.7. The van der Waals surface area contributed by atoms with E-state index >= 15 is 0 Å². The molecule has 2 unspecified atom stereocenters. The summed E-state index contributed by atoms with van der Waals surface area (Å²) < 4.78 is -0.0810. The third-order valence-corrected chi connectivity index (χ3v) is 4.34. The van der Waals surface area contributed by atoms with Gasteiger partial charge in [-0.25, -0.2) is 0 Å². The molecule has 1 aliphatic heterocycles. The summed E-state index contributed by atoms with van der Waals surface area (Å²) in [6.45, 7) is 0. The van der Waals surface area contributed by atoms with E-state index in [1.54, 1.807) is 17.8 Å². The predicted molar refractivity (Wildman–Crippen MR) is 54.7 cm³/mol. The molecule has 0 aromatic rings. The normalized spacial score (nSPS) is 36.4. The van der Waals surface area contributed by atoms with Gasteiger partial charge in [-0.2, -0.15) is 0 Å². The molecule has 0 bridgehead atoms. The number of amides is 1. The van der Waals surface area contributed by atoms with Gasteiger partial charge in [0.25, 0.3) is 0 Å². The Kier molecular flexibility index (Phi) is 2.16. The Bertz CT molecular complexity index is 329. The van der Waals surface area contributed by atoms with Crippen molar-refractivity contribution >= 4 is 23.5 Å². The number of primary amides is 1. The van der Waals surface area contributed by atoms with E-state index in [0.717, 1.165) is 0 Å². The molecule has 76 valence electrons. The average Bonchev–Trinajstić information content (AvgIpc) is 2.77. The maximum Gasteiger partial charge on any atom is 0.234 e. The molecular formula is C9H12N2O2S. The van der Waals surface area contributed by atoms with E-state index in [1.807, 2.05) is 6.08 Å². The van der Waals surface area contributed by atoms with Gasteiger partial charge < -0.3 is 11.5 Å². The van der Waals surface area contributed by atoms with Crippen LogP contribution < -0.4 is 11.5 Å². The second kappa shape index (κ2) is 3.10. The monoisotopic (exact) mass is 212 g/mol. The minimum absolute atomic E-state index is 0.0810. The van der Waals surface area contributed by atoms with Crippen molar-refractivity contribution in [3.8, 4) is 0 Å². The van der Waals surface area contributed by atoms with E-state index in [1.165, 1.54) is 0 Å². The molecule has 4 nitrogen and oxygen atoms in total. The van der Waals surface area contributed by atoms with Crippen LogP contribution in [-0.4, -0.2) is 27.7 Å². The van der Waals surface area contributed by atoms with Gasteiger partial charge in [0.1, 0.15) is 0 Å². The highest BCUT2D eigenvalue weighted by Crippen LogP contribution is 2.60. The number of fused-ring (bicyclic) bond motifs is 1. The second-order valence-corrected chi connectivity index (χ2v) is 5.34. The second-order valence-electron chi connectivity index (χ2n) is 3.78. The zero-order valence-corrected chi connectivity index (χ0v) is 8.42. The van der Waals surface area contributed by atoms with Gasteiger partial charge in [0, 0.05) is 16.4 Å². The summed E-state index contributed by atoms with van der Waals surface area (Å²) in [5.74, 6) is -0.320. The molecule has 0 aromatic carbocycles. The molecule has 14 heavy (non-hydrogen) atoms. The summed E-state index contributed by atoms with van der Waals surface area (Å²) >= 11 is 1.70. The van der Waals surface area contributed by atoms with Crippen molar-refractivity contribution in [2.24, 2.45) is 11.5 Å².